The van der Waals surface area contributed by atoms with Gasteiger partial charge in [-0.1, -0.05) is 0 Å². The molecule has 0 unspecified atom stereocenters. The van der Waals surface area contributed by atoms with Crippen molar-refractivity contribution in [2.24, 2.45) is 0 Å². The van der Waals surface area contributed by atoms with Crippen molar-refractivity contribution in [3.05, 3.63) is 67.6 Å². The summed E-state index contributed by atoms with van der Waals surface area (Å²) in [5, 5.41) is 64.3. The normalized spacial score (nSPS) is 10.3. The number of hydrogen-bond acceptors (Lipinski definition) is 7. The Morgan fingerprint density at radius 1 is 0.611 bits per heavy atom. The quantitative estimate of drug-likeness (QED) is 0.552. The van der Waals surface area contributed by atoms with Crippen molar-refractivity contribution in [3.8, 4) is 42.5 Å². The van der Waals surface area contributed by atoms with Gasteiger partial charge in [-0.3, -0.25) is 0 Å². The third-order valence-electron chi connectivity index (χ3n) is 4.65. The van der Waals surface area contributed by atoms with E-state index >= 15 is 0 Å². The van der Waals surface area contributed by atoms with Crippen molar-refractivity contribution >= 4 is 11.1 Å². The van der Waals surface area contributed by atoms with Crippen LogP contribution in [0.5, 0.6) is 0 Å². The van der Waals surface area contributed by atoms with E-state index < -0.39 is 67.7 Å². The number of nitrogens with zero attached hydrogens (tertiary/aromatic N) is 7. The number of rotatable bonds is 1. The Bertz CT molecular complexity index is 1670. The first kappa shape index (κ1) is 26.4. The van der Waals surface area contributed by atoms with Crippen molar-refractivity contribution < 1.29 is 26.3 Å². The summed E-state index contributed by atoms with van der Waals surface area (Å²) in [4.78, 5) is 0. The first-order valence-electron chi connectivity index (χ1n) is 8.93. The van der Waals surface area contributed by atoms with Crippen LogP contribution in [0.4, 0.5) is 26.3 Å². The van der Waals surface area contributed by atoms with Crippen molar-refractivity contribution in [2.75, 3.05) is 0 Å². The molecule has 2 aromatic rings. The molecule has 0 fully saturated rings. The van der Waals surface area contributed by atoms with E-state index in [1.165, 1.54) is 30.3 Å². The van der Waals surface area contributed by atoms with Gasteiger partial charge in [0.25, 0.3) is 0 Å². The molecule has 0 bridgehead atoms. The van der Waals surface area contributed by atoms with Gasteiger partial charge in [0.1, 0.15) is 29.8 Å². The molecule has 0 aliphatic carbocycles. The summed E-state index contributed by atoms with van der Waals surface area (Å²) in [5.41, 5.74) is -12.3. The summed E-state index contributed by atoms with van der Waals surface area (Å²) in [6, 6.07) is 10.4. The average molecular weight is 491 g/mol. The molecule has 0 aliphatic heterocycles. The summed E-state index contributed by atoms with van der Waals surface area (Å²) in [7, 11) is 0. The largest absolute Gasteiger partial charge is 0.418 e. The lowest BCUT2D eigenvalue weighted by Gasteiger charge is -2.19. The van der Waals surface area contributed by atoms with E-state index in [1.54, 1.807) is 0 Å². The summed E-state index contributed by atoms with van der Waals surface area (Å²) in [5.74, 6) is 0. The molecule has 0 aromatic heterocycles. The standard InChI is InChI=1S/C23H3F6N7/c24-22(25,26)18-3-14(6-32)21(23(27,28)29)20(16(18)9-35)17(10-36)19-12(4-30)1-11(2-13(19)5-31)15(7-33)8-34/h1-3H. The Balaban J connectivity index is 3.54. The maximum absolute atomic E-state index is 14.0. The van der Waals surface area contributed by atoms with E-state index in [2.05, 4.69) is 0 Å². The Hall–Kier alpha value is -5.81. The number of nitriles is 7. The molecule has 172 valence electrons. The highest BCUT2D eigenvalue weighted by Crippen LogP contribution is 2.43. The smallest absolute Gasteiger partial charge is 0.192 e. The van der Waals surface area contributed by atoms with Gasteiger partial charge in [0, 0.05) is 16.0 Å². The molecule has 0 radical (unpaired) electrons. The van der Waals surface area contributed by atoms with Gasteiger partial charge < -0.3 is 0 Å². The van der Waals surface area contributed by atoms with Gasteiger partial charge in [-0.25, -0.2) is 0 Å². The Morgan fingerprint density at radius 2 is 1.11 bits per heavy atom. The summed E-state index contributed by atoms with van der Waals surface area (Å²) >= 11 is 0. The van der Waals surface area contributed by atoms with Gasteiger partial charge in [0.05, 0.1) is 57.2 Å². The van der Waals surface area contributed by atoms with Crippen molar-refractivity contribution in [3.63, 3.8) is 0 Å². The van der Waals surface area contributed by atoms with Gasteiger partial charge >= 0.3 is 12.4 Å². The number of benzene rings is 2. The number of hydrogen-bond donors (Lipinski definition) is 0. The molecule has 0 N–H and O–H groups in total. The monoisotopic (exact) mass is 491 g/mol. The van der Waals surface area contributed by atoms with Crippen LogP contribution >= 0.6 is 0 Å². The van der Waals surface area contributed by atoms with E-state index in [0.717, 1.165) is 24.3 Å². The van der Waals surface area contributed by atoms with Gasteiger partial charge in [0.15, 0.2) is 0 Å². The summed E-state index contributed by atoms with van der Waals surface area (Å²) in [6.07, 6.45) is -11.0. The second kappa shape index (κ2) is 9.59. The second-order valence-corrected chi connectivity index (χ2v) is 6.57. The highest BCUT2D eigenvalue weighted by atomic mass is 19.4. The van der Waals surface area contributed by atoms with E-state index in [0.29, 0.717) is 0 Å². The minimum absolute atomic E-state index is 0.180. The predicted octanol–water partition coefficient (Wildman–Crippen LogP) is 3.13. The molecule has 7 nitrogen and oxygen atoms in total. The first-order valence-corrected chi connectivity index (χ1v) is 8.93. The minimum atomic E-state index is -5.56. The minimum Gasteiger partial charge on any atom is -0.192 e. The maximum atomic E-state index is 14.0. The molecular weight excluding hydrogens is 488 g/mol. The number of halogens is 6. The highest BCUT2D eigenvalue weighted by Gasteiger charge is 2.44. The molecule has 0 aliphatic rings. The Labute approximate surface area is 197 Å². The molecule has 2 rings (SSSR count). The highest BCUT2D eigenvalue weighted by molar-refractivity contribution is 5.86. The van der Waals surface area contributed by atoms with Gasteiger partial charge in [-0.2, -0.15) is 63.2 Å². The lowest BCUT2D eigenvalue weighted by Crippen LogP contribution is -2.25. The average Bonchev–Trinajstić information content (AvgIpc) is 2.83. The fourth-order valence-corrected chi connectivity index (χ4v) is 3.28. The SMILES string of the molecule is N#CC(C#N)=c1cc(C#N)c(=C(C#N)c2c(C#N)c(C(F)(F)F)cc(C#N)c2C(F)(F)F)c(C#N)c1. The van der Waals surface area contributed by atoms with E-state index in [4.69, 9.17) is 10.5 Å². The third-order valence-corrected chi connectivity index (χ3v) is 4.65. The molecule has 0 saturated heterocycles. The number of alkyl halides is 6. The molecule has 36 heavy (non-hydrogen) atoms. The van der Waals surface area contributed by atoms with Crippen LogP contribution in [0.2, 0.25) is 0 Å². The molecule has 0 atom stereocenters. The van der Waals surface area contributed by atoms with E-state index in [-0.39, 0.29) is 11.3 Å². The molecule has 0 amide bonds. The van der Waals surface area contributed by atoms with Crippen molar-refractivity contribution in [2.45, 2.75) is 12.4 Å². The van der Waals surface area contributed by atoms with Crippen LogP contribution in [0, 0.1) is 79.3 Å². The van der Waals surface area contributed by atoms with Crippen LogP contribution in [-0.4, -0.2) is 0 Å². The van der Waals surface area contributed by atoms with Gasteiger partial charge in [0.2, 0.25) is 0 Å². The molecule has 0 spiro atoms. The van der Waals surface area contributed by atoms with Gasteiger partial charge in [-0.15, -0.1) is 0 Å². The Kier molecular flexibility index (Phi) is 7.04. The fourth-order valence-electron chi connectivity index (χ4n) is 3.28. The second-order valence-electron chi connectivity index (χ2n) is 6.57. The molecule has 0 saturated carbocycles. The molecule has 0 heterocycles. The molecule has 13 heteroatoms. The van der Waals surface area contributed by atoms with Crippen LogP contribution in [0.3, 0.4) is 0 Å². The predicted molar refractivity (Wildman–Crippen MR) is 104 cm³/mol. The summed E-state index contributed by atoms with van der Waals surface area (Å²) in [6.45, 7) is 0. The summed E-state index contributed by atoms with van der Waals surface area (Å²) < 4.78 is 82.9. The van der Waals surface area contributed by atoms with Gasteiger partial charge in [-0.05, 0) is 18.2 Å². The zero-order chi connectivity index (χ0) is 27.4. The first-order chi connectivity index (χ1) is 16.8. The van der Waals surface area contributed by atoms with Crippen LogP contribution < -0.4 is 10.4 Å². The zero-order valence-corrected chi connectivity index (χ0v) is 17.1. The molecule has 2 aromatic carbocycles. The van der Waals surface area contributed by atoms with Crippen molar-refractivity contribution in [1.29, 1.82) is 36.8 Å². The lowest BCUT2D eigenvalue weighted by atomic mass is 9.85. The van der Waals surface area contributed by atoms with Crippen LogP contribution in [0.1, 0.15) is 38.9 Å². The third kappa shape index (κ3) is 4.48. The zero-order valence-electron chi connectivity index (χ0n) is 17.1. The van der Waals surface area contributed by atoms with Crippen LogP contribution in [-0.2, 0) is 12.4 Å². The fraction of sp³-hybridized carbons (Fsp3) is 0.0870. The van der Waals surface area contributed by atoms with Crippen LogP contribution in [0.15, 0.2) is 18.2 Å². The van der Waals surface area contributed by atoms with Crippen molar-refractivity contribution in [1.82, 2.24) is 0 Å². The molecular formula is C23H3F6N7. The Morgan fingerprint density at radius 3 is 1.44 bits per heavy atom. The van der Waals surface area contributed by atoms with E-state index in [9.17, 15) is 52.7 Å². The van der Waals surface area contributed by atoms with Crippen LogP contribution in [0.25, 0.3) is 11.1 Å². The van der Waals surface area contributed by atoms with E-state index in [1.807, 2.05) is 0 Å². The topological polar surface area (TPSA) is 167 Å². The maximum Gasteiger partial charge on any atom is 0.418 e. The lowest BCUT2D eigenvalue weighted by molar-refractivity contribution is -0.141.